The molecular weight excluding hydrogens is 230 g/mol. The van der Waals surface area contributed by atoms with Crippen LogP contribution < -0.4 is 5.69 Å². The van der Waals surface area contributed by atoms with Gasteiger partial charge in [0.2, 0.25) is 0 Å². The molecule has 5 nitrogen and oxygen atoms in total. The van der Waals surface area contributed by atoms with E-state index in [0.717, 1.165) is 43.9 Å². The zero-order valence-electron chi connectivity index (χ0n) is 10.5. The van der Waals surface area contributed by atoms with Gasteiger partial charge < -0.3 is 9.72 Å². The van der Waals surface area contributed by atoms with E-state index < -0.39 is 0 Å². The van der Waals surface area contributed by atoms with Gasteiger partial charge in [0.15, 0.2) is 0 Å². The number of rotatable bonds is 2. The van der Waals surface area contributed by atoms with Crippen molar-refractivity contribution in [1.82, 2.24) is 14.5 Å². The molecule has 1 fully saturated rings. The van der Waals surface area contributed by atoms with Gasteiger partial charge in [-0.1, -0.05) is 12.1 Å². The summed E-state index contributed by atoms with van der Waals surface area (Å²) in [6, 6.07) is 6.03. The molecule has 0 radical (unpaired) electrons. The molecule has 0 amide bonds. The number of aromatic nitrogens is 2. The molecule has 96 valence electrons. The first-order valence-corrected chi connectivity index (χ1v) is 6.22. The van der Waals surface area contributed by atoms with Crippen LogP contribution in [0.15, 0.2) is 23.0 Å². The lowest BCUT2D eigenvalue weighted by molar-refractivity contribution is 0.0343. The second-order valence-electron chi connectivity index (χ2n) is 4.69. The maximum atomic E-state index is 11.7. The topological polar surface area (TPSA) is 50.3 Å². The van der Waals surface area contributed by atoms with Gasteiger partial charge >= 0.3 is 5.69 Å². The van der Waals surface area contributed by atoms with E-state index in [1.807, 2.05) is 19.2 Å². The lowest BCUT2D eigenvalue weighted by Gasteiger charge is -2.26. The van der Waals surface area contributed by atoms with Crippen molar-refractivity contribution in [3.05, 3.63) is 34.2 Å². The van der Waals surface area contributed by atoms with E-state index in [4.69, 9.17) is 4.74 Å². The van der Waals surface area contributed by atoms with Crippen LogP contribution in [0.5, 0.6) is 0 Å². The van der Waals surface area contributed by atoms with Gasteiger partial charge in [-0.15, -0.1) is 0 Å². The van der Waals surface area contributed by atoms with Crippen molar-refractivity contribution in [1.29, 1.82) is 0 Å². The van der Waals surface area contributed by atoms with E-state index >= 15 is 0 Å². The number of para-hydroxylation sites is 1. The third kappa shape index (κ3) is 1.95. The quantitative estimate of drug-likeness (QED) is 0.850. The number of imidazole rings is 1. The van der Waals surface area contributed by atoms with Gasteiger partial charge in [-0.05, 0) is 11.6 Å². The largest absolute Gasteiger partial charge is 0.379 e. The highest BCUT2D eigenvalue weighted by Gasteiger charge is 2.14. The smallest absolute Gasteiger partial charge is 0.326 e. The summed E-state index contributed by atoms with van der Waals surface area (Å²) < 4.78 is 7.04. The van der Waals surface area contributed by atoms with Crippen LogP contribution in [0.25, 0.3) is 11.0 Å². The first-order chi connectivity index (χ1) is 8.75. The van der Waals surface area contributed by atoms with Crippen LogP contribution in [0.2, 0.25) is 0 Å². The van der Waals surface area contributed by atoms with Crippen molar-refractivity contribution in [3.8, 4) is 0 Å². The highest BCUT2D eigenvalue weighted by atomic mass is 16.5. The summed E-state index contributed by atoms with van der Waals surface area (Å²) in [5.41, 5.74) is 3.05. The molecule has 2 heterocycles. The maximum Gasteiger partial charge on any atom is 0.326 e. The number of nitrogens with one attached hydrogen (secondary N) is 1. The van der Waals surface area contributed by atoms with Crippen LogP contribution in [0.3, 0.4) is 0 Å². The summed E-state index contributed by atoms with van der Waals surface area (Å²) >= 11 is 0. The Morgan fingerprint density at radius 2 is 2.11 bits per heavy atom. The minimum absolute atomic E-state index is 0.0561. The number of fused-ring (bicyclic) bond motifs is 1. The molecule has 1 aliphatic rings. The Morgan fingerprint density at radius 3 is 2.89 bits per heavy atom. The van der Waals surface area contributed by atoms with Crippen LogP contribution in [0.1, 0.15) is 5.56 Å². The van der Waals surface area contributed by atoms with Crippen molar-refractivity contribution >= 4 is 11.0 Å². The predicted octanol–water partition coefficient (Wildman–Crippen LogP) is 0.699. The number of hydrogen-bond acceptors (Lipinski definition) is 3. The molecule has 2 aromatic rings. The Hall–Kier alpha value is -1.59. The number of benzene rings is 1. The average Bonchev–Trinajstić information content (AvgIpc) is 2.67. The van der Waals surface area contributed by atoms with Crippen LogP contribution in [-0.4, -0.2) is 40.8 Å². The van der Waals surface area contributed by atoms with Gasteiger partial charge in [-0.3, -0.25) is 9.47 Å². The fourth-order valence-corrected chi connectivity index (χ4v) is 2.52. The monoisotopic (exact) mass is 247 g/mol. The van der Waals surface area contributed by atoms with Crippen LogP contribution in [0, 0.1) is 0 Å². The SMILES string of the molecule is Cn1c(=O)[nH]c2cccc(CN3CCOCC3)c21. The number of aromatic amines is 1. The van der Waals surface area contributed by atoms with Gasteiger partial charge in [-0.2, -0.15) is 0 Å². The summed E-state index contributed by atoms with van der Waals surface area (Å²) in [6.07, 6.45) is 0. The van der Waals surface area contributed by atoms with E-state index in [1.165, 1.54) is 5.56 Å². The van der Waals surface area contributed by atoms with E-state index in [0.29, 0.717) is 0 Å². The standard InChI is InChI=1S/C13H17N3O2/c1-15-12-10(9-16-5-7-18-8-6-16)3-2-4-11(12)14-13(15)17/h2-4H,5-9H2,1H3,(H,14,17). The zero-order chi connectivity index (χ0) is 12.5. The molecule has 0 atom stereocenters. The van der Waals surface area contributed by atoms with Crippen LogP contribution >= 0.6 is 0 Å². The summed E-state index contributed by atoms with van der Waals surface area (Å²) in [4.78, 5) is 16.9. The summed E-state index contributed by atoms with van der Waals surface area (Å²) in [6.45, 7) is 4.36. The minimum Gasteiger partial charge on any atom is -0.379 e. The molecule has 0 unspecified atom stereocenters. The fourth-order valence-electron chi connectivity index (χ4n) is 2.52. The highest BCUT2D eigenvalue weighted by Crippen LogP contribution is 2.17. The van der Waals surface area contributed by atoms with Crippen molar-refractivity contribution < 1.29 is 4.74 Å². The Kier molecular flexibility index (Phi) is 2.93. The first-order valence-electron chi connectivity index (χ1n) is 6.22. The Labute approximate surface area is 105 Å². The number of morpholine rings is 1. The van der Waals surface area contributed by atoms with Gasteiger partial charge in [0.25, 0.3) is 0 Å². The molecular formula is C13H17N3O2. The van der Waals surface area contributed by atoms with E-state index in [9.17, 15) is 4.79 Å². The Morgan fingerprint density at radius 1 is 1.33 bits per heavy atom. The molecule has 1 aliphatic heterocycles. The highest BCUT2D eigenvalue weighted by molar-refractivity contribution is 5.78. The molecule has 0 bridgehead atoms. The Balaban J connectivity index is 1.98. The molecule has 0 spiro atoms. The molecule has 5 heteroatoms. The lowest BCUT2D eigenvalue weighted by atomic mass is 10.1. The predicted molar refractivity (Wildman–Crippen MR) is 69.6 cm³/mol. The van der Waals surface area contributed by atoms with Crippen molar-refractivity contribution in [3.63, 3.8) is 0 Å². The number of nitrogens with zero attached hydrogens (tertiary/aromatic N) is 2. The number of H-pyrrole nitrogens is 1. The van der Waals surface area contributed by atoms with Gasteiger partial charge in [0.1, 0.15) is 0 Å². The zero-order valence-corrected chi connectivity index (χ0v) is 10.5. The summed E-state index contributed by atoms with van der Waals surface area (Å²) in [7, 11) is 1.81. The average molecular weight is 247 g/mol. The maximum absolute atomic E-state index is 11.7. The van der Waals surface area contributed by atoms with Crippen molar-refractivity contribution in [2.24, 2.45) is 7.05 Å². The van der Waals surface area contributed by atoms with Gasteiger partial charge in [0, 0.05) is 26.7 Å². The summed E-state index contributed by atoms with van der Waals surface area (Å²) in [5, 5.41) is 0. The third-order valence-electron chi connectivity index (χ3n) is 3.50. The molecule has 1 saturated heterocycles. The van der Waals surface area contributed by atoms with Crippen LogP contribution in [-0.2, 0) is 18.3 Å². The second-order valence-corrected chi connectivity index (χ2v) is 4.69. The van der Waals surface area contributed by atoms with E-state index in [1.54, 1.807) is 4.57 Å². The molecule has 0 aliphatic carbocycles. The fraction of sp³-hybridized carbons (Fsp3) is 0.462. The summed E-state index contributed by atoms with van der Waals surface area (Å²) in [5.74, 6) is 0. The van der Waals surface area contributed by atoms with Crippen molar-refractivity contribution in [2.75, 3.05) is 26.3 Å². The molecule has 1 N–H and O–H groups in total. The lowest BCUT2D eigenvalue weighted by Crippen LogP contribution is -2.35. The number of ether oxygens (including phenoxy) is 1. The van der Waals surface area contributed by atoms with E-state index in [-0.39, 0.29) is 5.69 Å². The first kappa shape index (κ1) is 11.5. The third-order valence-corrected chi connectivity index (χ3v) is 3.50. The second kappa shape index (κ2) is 4.59. The normalized spacial score (nSPS) is 17.4. The van der Waals surface area contributed by atoms with Crippen molar-refractivity contribution in [2.45, 2.75) is 6.54 Å². The molecule has 3 rings (SSSR count). The molecule has 0 saturated carbocycles. The number of hydrogen-bond donors (Lipinski definition) is 1. The minimum atomic E-state index is -0.0561. The van der Waals surface area contributed by atoms with Gasteiger partial charge in [0.05, 0.1) is 24.2 Å². The number of aryl methyl sites for hydroxylation is 1. The van der Waals surface area contributed by atoms with Crippen LogP contribution in [0.4, 0.5) is 0 Å². The Bertz CT molecular complexity index is 608. The van der Waals surface area contributed by atoms with E-state index in [2.05, 4.69) is 16.0 Å². The molecule has 1 aromatic carbocycles. The van der Waals surface area contributed by atoms with Gasteiger partial charge in [-0.25, -0.2) is 4.79 Å². The molecule has 1 aromatic heterocycles. The molecule has 18 heavy (non-hydrogen) atoms.